The van der Waals surface area contributed by atoms with Crippen LogP contribution < -0.4 is 21.3 Å². The monoisotopic (exact) mass is 408 g/mol. The number of aldehydes is 1. The molecule has 0 radical (unpaired) electrons. The van der Waals surface area contributed by atoms with Crippen LogP contribution in [0.1, 0.15) is 44.9 Å². The molecular formula is C19H28N4O6. The number of nitrogens with one attached hydrogen (secondary N) is 4. The molecule has 10 heteroatoms. The van der Waals surface area contributed by atoms with Crippen LogP contribution >= 0.6 is 0 Å². The van der Waals surface area contributed by atoms with Crippen molar-refractivity contribution in [1.82, 2.24) is 21.3 Å². The van der Waals surface area contributed by atoms with Gasteiger partial charge in [-0.3, -0.25) is 14.4 Å². The van der Waals surface area contributed by atoms with Crippen LogP contribution in [0.25, 0.3) is 0 Å². The van der Waals surface area contributed by atoms with E-state index in [1.807, 2.05) is 0 Å². The molecule has 1 aliphatic heterocycles. The summed E-state index contributed by atoms with van der Waals surface area (Å²) in [5.74, 6) is -1.17. The summed E-state index contributed by atoms with van der Waals surface area (Å²) in [6, 6.07) is -2.54. The minimum absolute atomic E-state index is 0.0562. The van der Waals surface area contributed by atoms with Gasteiger partial charge in [-0.05, 0) is 43.9 Å². The van der Waals surface area contributed by atoms with Gasteiger partial charge in [0.15, 0.2) is 0 Å². The molecule has 0 spiro atoms. The molecule has 4 amide bonds. The van der Waals surface area contributed by atoms with Gasteiger partial charge in [-0.2, -0.15) is 0 Å². The first kappa shape index (κ1) is 21.1. The third-order valence-electron chi connectivity index (χ3n) is 5.75. The molecule has 2 aliphatic carbocycles. The molecule has 3 fully saturated rings. The highest BCUT2D eigenvalue weighted by Gasteiger charge is 2.40. The molecule has 1 heterocycles. The van der Waals surface area contributed by atoms with E-state index in [0.717, 1.165) is 25.7 Å². The molecule has 0 aromatic rings. The zero-order valence-electron chi connectivity index (χ0n) is 16.2. The van der Waals surface area contributed by atoms with E-state index < -0.39 is 36.0 Å². The second-order valence-corrected chi connectivity index (χ2v) is 8.27. The smallest absolute Gasteiger partial charge is 0.405 e. The molecule has 3 aliphatic rings. The fraction of sp³-hybridized carbons (Fsp3) is 0.737. The number of carboxylic acid groups (broad SMARTS) is 1. The van der Waals surface area contributed by atoms with E-state index in [2.05, 4.69) is 21.3 Å². The molecule has 29 heavy (non-hydrogen) atoms. The first-order chi connectivity index (χ1) is 13.9. The van der Waals surface area contributed by atoms with Crippen molar-refractivity contribution in [2.45, 2.75) is 63.1 Å². The highest BCUT2D eigenvalue weighted by atomic mass is 16.4. The normalized spacial score (nSPS) is 24.0. The fourth-order valence-corrected chi connectivity index (χ4v) is 3.75. The summed E-state index contributed by atoms with van der Waals surface area (Å²) in [5, 5.41) is 19.2. The van der Waals surface area contributed by atoms with E-state index in [-0.39, 0.29) is 24.2 Å². The molecular weight excluding hydrogens is 380 g/mol. The van der Waals surface area contributed by atoms with Crippen molar-refractivity contribution in [2.24, 2.45) is 17.8 Å². The highest BCUT2D eigenvalue weighted by molar-refractivity contribution is 5.92. The zero-order chi connectivity index (χ0) is 21.0. The van der Waals surface area contributed by atoms with Gasteiger partial charge in [-0.1, -0.05) is 12.8 Å². The minimum atomic E-state index is -1.28. The molecule has 0 bridgehead atoms. The van der Waals surface area contributed by atoms with Crippen molar-refractivity contribution in [3.63, 3.8) is 0 Å². The lowest BCUT2D eigenvalue weighted by molar-refractivity contribution is -0.131. The van der Waals surface area contributed by atoms with Crippen LogP contribution in [-0.2, 0) is 19.2 Å². The Hall–Kier alpha value is -2.65. The van der Waals surface area contributed by atoms with Crippen LogP contribution in [0.3, 0.4) is 0 Å². The van der Waals surface area contributed by atoms with Gasteiger partial charge < -0.3 is 31.2 Å². The first-order valence-corrected chi connectivity index (χ1v) is 10.2. The summed E-state index contributed by atoms with van der Waals surface area (Å²) in [7, 11) is 0. The molecule has 4 atom stereocenters. The van der Waals surface area contributed by atoms with Crippen LogP contribution in [0.2, 0.25) is 0 Å². The first-order valence-electron chi connectivity index (χ1n) is 10.2. The number of carbonyl (C=O) groups excluding carboxylic acids is 4. The number of carbonyl (C=O) groups is 5. The molecule has 5 N–H and O–H groups in total. The maximum atomic E-state index is 12.8. The lowest BCUT2D eigenvalue weighted by Gasteiger charge is -2.24. The number of hydrogen-bond donors (Lipinski definition) is 5. The Labute approximate surface area is 168 Å². The van der Waals surface area contributed by atoms with E-state index in [1.54, 1.807) is 0 Å². The van der Waals surface area contributed by atoms with Crippen LogP contribution in [0.5, 0.6) is 0 Å². The number of amides is 4. The van der Waals surface area contributed by atoms with Gasteiger partial charge in [0.05, 0.1) is 6.04 Å². The maximum Gasteiger partial charge on any atom is 0.405 e. The standard InChI is InChI=1S/C19H28N4O6/c24-9-13(8-12-5-6-20-16(12)25)21-17(26)14(7-10-1-2-10)22-18(27)15(11-3-4-11)23-19(28)29/h9-15,23H,1-8H2,(H,20,25)(H,21,26)(H,22,27)(H,28,29)/t12?,13?,14?,15-/m0/s1. The molecule has 3 rings (SSSR count). The Morgan fingerprint density at radius 3 is 2.28 bits per heavy atom. The second kappa shape index (κ2) is 9.23. The van der Waals surface area contributed by atoms with Gasteiger partial charge in [0.1, 0.15) is 18.4 Å². The van der Waals surface area contributed by atoms with E-state index >= 15 is 0 Å². The summed E-state index contributed by atoms with van der Waals surface area (Å²) in [4.78, 5) is 59.5. The average Bonchev–Trinajstić information content (AvgIpc) is 3.59. The van der Waals surface area contributed by atoms with Crippen LogP contribution in [0, 0.1) is 17.8 Å². The van der Waals surface area contributed by atoms with E-state index in [1.165, 1.54) is 0 Å². The molecule has 160 valence electrons. The van der Waals surface area contributed by atoms with Crippen LogP contribution in [0.4, 0.5) is 4.79 Å². The molecule has 2 saturated carbocycles. The van der Waals surface area contributed by atoms with E-state index in [0.29, 0.717) is 31.6 Å². The van der Waals surface area contributed by atoms with Crippen molar-refractivity contribution >= 4 is 30.1 Å². The molecule has 0 aromatic heterocycles. The topological polar surface area (TPSA) is 154 Å². The average molecular weight is 408 g/mol. The molecule has 1 saturated heterocycles. The van der Waals surface area contributed by atoms with Gasteiger partial charge in [0, 0.05) is 12.5 Å². The Kier molecular flexibility index (Phi) is 6.71. The van der Waals surface area contributed by atoms with Crippen molar-refractivity contribution in [3.8, 4) is 0 Å². The highest BCUT2D eigenvalue weighted by Crippen LogP contribution is 2.35. The van der Waals surface area contributed by atoms with Crippen molar-refractivity contribution in [3.05, 3.63) is 0 Å². The largest absolute Gasteiger partial charge is 0.465 e. The fourth-order valence-electron chi connectivity index (χ4n) is 3.75. The van der Waals surface area contributed by atoms with Crippen molar-refractivity contribution in [2.75, 3.05) is 6.54 Å². The summed E-state index contributed by atoms with van der Waals surface area (Å²) >= 11 is 0. The Morgan fingerprint density at radius 2 is 1.76 bits per heavy atom. The zero-order valence-corrected chi connectivity index (χ0v) is 16.2. The van der Waals surface area contributed by atoms with Crippen LogP contribution in [0.15, 0.2) is 0 Å². The lowest BCUT2D eigenvalue weighted by atomic mass is 9.98. The Morgan fingerprint density at radius 1 is 1.03 bits per heavy atom. The summed E-state index contributed by atoms with van der Waals surface area (Å²) < 4.78 is 0. The lowest BCUT2D eigenvalue weighted by Crippen LogP contribution is -2.55. The predicted molar refractivity (Wildman–Crippen MR) is 101 cm³/mol. The van der Waals surface area contributed by atoms with E-state index in [4.69, 9.17) is 5.11 Å². The van der Waals surface area contributed by atoms with Crippen molar-refractivity contribution in [1.29, 1.82) is 0 Å². The molecule has 3 unspecified atom stereocenters. The van der Waals surface area contributed by atoms with Gasteiger partial charge in [-0.15, -0.1) is 0 Å². The molecule has 0 aromatic carbocycles. The number of hydrogen-bond acceptors (Lipinski definition) is 5. The Bertz CT molecular complexity index is 676. The number of rotatable bonds is 11. The minimum Gasteiger partial charge on any atom is -0.465 e. The van der Waals surface area contributed by atoms with Gasteiger partial charge in [0.2, 0.25) is 17.7 Å². The third kappa shape index (κ3) is 6.16. The quantitative estimate of drug-likeness (QED) is 0.291. The van der Waals surface area contributed by atoms with Crippen molar-refractivity contribution < 1.29 is 29.1 Å². The predicted octanol–water partition coefficient (Wildman–Crippen LogP) is -0.473. The molecule has 10 nitrogen and oxygen atoms in total. The second-order valence-electron chi connectivity index (χ2n) is 8.27. The summed E-state index contributed by atoms with van der Waals surface area (Å²) in [6.45, 7) is 0.558. The van der Waals surface area contributed by atoms with E-state index in [9.17, 15) is 24.0 Å². The van der Waals surface area contributed by atoms with Gasteiger partial charge in [0.25, 0.3) is 0 Å². The Balaban J connectivity index is 1.59. The van der Waals surface area contributed by atoms with Gasteiger partial charge >= 0.3 is 6.09 Å². The maximum absolute atomic E-state index is 12.8. The summed E-state index contributed by atoms with van der Waals surface area (Å²) in [5.41, 5.74) is 0. The SMILES string of the molecule is O=CC(CC1CCNC1=O)NC(=O)C(CC1CC1)NC(=O)[C@@H](NC(=O)O)C1CC1. The summed E-state index contributed by atoms with van der Waals surface area (Å²) in [6.07, 6.45) is 4.06. The van der Waals surface area contributed by atoms with Crippen LogP contribution in [-0.4, -0.2) is 59.9 Å². The third-order valence-corrected chi connectivity index (χ3v) is 5.75. The van der Waals surface area contributed by atoms with Gasteiger partial charge in [-0.25, -0.2) is 4.79 Å².